The van der Waals surface area contributed by atoms with Crippen LogP contribution in [0.25, 0.3) is 0 Å². The molecule has 0 saturated heterocycles. The van der Waals surface area contributed by atoms with Gasteiger partial charge in [0.1, 0.15) is 5.78 Å². The first-order valence-corrected chi connectivity index (χ1v) is 7.22. The minimum absolute atomic E-state index is 0.287. The lowest BCUT2D eigenvalue weighted by molar-refractivity contribution is -0.118. The Bertz CT molecular complexity index is 298. The summed E-state index contributed by atoms with van der Waals surface area (Å²) in [4.78, 5) is 11.5. The van der Waals surface area contributed by atoms with Crippen molar-refractivity contribution in [1.82, 2.24) is 0 Å². The summed E-state index contributed by atoms with van der Waals surface area (Å²) < 4.78 is 0. The third kappa shape index (κ3) is 12.9. The van der Waals surface area contributed by atoms with Crippen molar-refractivity contribution >= 4 is 5.78 Å². The van der Waals surface area contributed by atoms with Crippen molar-refractivity contribution < 1.29 is 4.79 Å². The van der Waals surface area contributed by atoms with E-state index in [1.54, 1.807) is 0 Å². The molecule has 0 radical (unpaired) electrons. The molecule has 1 heteroatoms. The fourth-order valence-electron chi connectivity index (χ4n) is 1.72. The van der Waals surface area contributed by atoms with Crippen molar-refractivity contribution in [2.45, 2.75) is 77.6 Å². The van der Waals surface area contributed by atoms with Gasteiger partial charge in [0, 0.05) is 19.3 Å². The van der Waals surface area contributed by atoms with Gasteiger partial charge in [0.2, 0.25) is 0 Å². The lowest BCUT2D eigenvalue weighted by Crippen LogP contribution is -1.95. The van der Waals surface area contributed by atoms with Crippen molar-refractivity contribution in [2.75, 3.05) is 0 Å². The van der Waals surface area contributed by atoms with Crippen LogP contribution in [-0.2, 0) is 4.79 Å². The van der Waals surface area contributed by atoms with Gasteiger partial charge in [-0.2, -0.15) is 0 Å². The first-order chi connectivity index (χ1) is 8.81. The van der Waals surface area contributed by atoms with E-state index in [0.29, 0.717) is 12.8 Å². The summed E-state index contributed by atoms with van der Waals surface area (Å²) >= 11 is 0. The van der Waals surface area contributed by atoms with Gasteiger partial charge in [-0.25, -0.2) is 0 Å². The molecule has 100 valence electrons. The van der Waals surface area contributed by atoms with Crippen LogP contribution in [0.4, 0.5) is 0 Å². The molecule has 0 aromatic rings. The standard InChI is InChI=1S/C17H26O/c1-3-5-7-9-11-13-15-17(18)16-14-12-10-8-6-4-2/h1H,4-10,12,14-16H2,2H3. The van der Waals surface area contributed by atoms with E-state index >= 15 is 0 Å². The molecule has 0 bridgehead atoms. The molecule has 0 aliphatic heterocycles. The van der Waals surface area contributed by atoms with Crippen LogP contribution >= 0.6 is 0 Å². The molecule has 0 amide bonds. The average Bonchev–Trinajstić information content (AvgIpc) is 2.38. The number of unbranched alkanes of at least 4 members (excludes halogenated alkanes) is 7. The van der Waals surface area contributed by atoms with Crippen molar-refractivity contribution in [3.05, 3.63) is 0 Å². The van der Waals surface area contributed by atoms with Gasteiger partial charge in [0.25, 0.3) is 0 Å². The normalized spacial score (nSPS) is 9.33. The molecule has 0 rings (SSSR count). The SMILES string of the molecule is C#CCCCC#CCC(=O)CCCCCCCC. The molecule has 0 aromatic heterocycles. The molecule has 0 N–H and O–H groups in total. The highest BCUT2D eigenvalue weighted by molar-refractivity contribution is 5.80. The molecule has 0 spiro atoms. The second-order valence-electron chi connectivity index (χ2n) is 4.64. The predicted molar refractivity (Wildman–Crippen MR) is 78.1 cm³/mol. The van der Waals surface area contributed by atoms with Crippen LogP contribution in [-0.4, -0.2) is 5.78 Å². The molecule has 0 atom stereocenters. The summed E-state index contributed by atoms with van der Waals surface area (Å²) in [5.74, 6) is 8.81. The van der Waals surface area contributed by atoms with Crippen LogP contribution in [0.2, 0.25) is 0 Å². The van der Waals surface area contributed by atoms with Gasteiger partial charge in [-0.05, 0) is 12.8 Å². The van der Waals surface area contributed by atoms with Gasteiger partial charge in [0.05, 0.1) is 6.42 Å². The van der Waals surface area contributed by atoms with E-state index in [2.05, 4.69) is 24.7 Å². The maximum absolute atomic E-state index is 11.5. The summed E-state index contributed by atoms with van der Waals surface area (Å²) in [7, 11) is 0. The van der Waals surface area contributed by atoms with Crippen LogP contribution in [0.3, 0.4) is 0 Å². The molecule has 0 heterocycles. The van der Waals surface area contributed by atoms with Gasteiger partial charge in [-0.1, -0.05) is 44.9 Å². The van der Waals surface area contributed by atoms with E-state index in [1.807, 2.05) is 0 Å². The second-order valence-corrected chi connectivity index (χ2v) is 4.64. The number of rotatable bonds is 10. The number of hydrogen-bond donors (Lipinski definition) is 0. The van der Waals surface area contributed by atoms with E-state index in [4.69, 9.17) is 6.42 Å². The van der Waals surface area contributed by atoms with Crippen LogP contribution in [0.15, 0.2) is 0 Å². The lowest BCUT2D eigenvalue weighted by atomic mass is 10.1. The highest BCUT2D eigenvalue weighted by Crippen LogP contribution is 2.07. The zero-order chi connectivity index (χ0) is 13.5. The maximum Gasteiger partial charge on any atom is 0.144 e. The Balaban J connectivity index is 3.34. The van der Waals surface area contributed by atoms with Crippen LogP contribution in [0.1, 0.15) is 77.6 Å². The molecule has 18 heavy (non-hydrogen) atoms. The maximum atomic E-state index is 11.5. The predicted octanol–water partition coefficient (Wildman–Crippen LogP) is 4.50. The average molecular weight is 246 g/mol. The van der Waals surface area contributed by atoms with Crippen molar-refractivity contribution in [3.8, 4) is 24.2 Å². The van der Waals surface area contributed by atoms with Gasteiger partial charge < -0.3 is 0 Å². The molecular formula is C17H26O. The van der Waals surface area contributed by atoms with Gasteiger partial charge >= 0.3 is 0 Å². The number of terminal acetylenes is 1. The highest BCUT2D eigenvalue weighted by atomic mass is 16.1. The topological polar surface area (TPSA) is 17.1 Å². The number of carbonyl (C=O) groups excluding carboxylic acids is 1. The molecule has 0 aliphatic rings. The van der Waals surface area contributed by atoms with Crippen LogP contribution in [0, 0.1) is 24.2 Å². The van der Waals surface area contributed by atoms with Crippen LogP contribution in [0.5, 0.6) is 0 Å². The zero-order valence-corrected chi connectivity index (χ0v) is 11.8. The highest BCUT2D eigenvalue weighted by Gasteiger charge is 1.98. The number of Topliss-reactive ketones (excluding diaryl/α,β-unsaturated/α-hetero) is 1. The van der Waals surface area contributed by atoms with Crippen molar-refractivity contribution in [2.24, 2.45) is 0 Å². The first-order valence-electron chi connectivity index (χ1n) is 7.22. The Morgan fingerprint density at radius 1 is 0.944 bits per heavy atom. The summed E-state index contributed by atoms with van der Waals surface area (Å²) in [6.45, 7) is 2.21. The molecule has 0 fully saturated rings. The lowest BCUT2D eigenvalue weighted by Gasteiger charge is -1.98. The monoisotopic (exact) mass is 246 g/mol. The van der Waals surface area contributed by atoms with Gasteiger partial charge in [-0.3, -0.25) is 4.79 Å². The minimum Gasteiger partial charge on any atom is -0.299 e. The summed E-state index contributed by atoms with van der Waals surface area (Å²) in [6, 6.07) is 0. The summed E-state index contributed by atoms with van der Waals surface area (Å²) in [6.07, 6.45) is 16.2. The first kappa shape index (κ1) is 16.8. The van der Waals surface area contributed by atoms with Crippen molar-refractivity contribution in [1.29, 1.82) is 0 Å². The fourth-order valence-corrected chi connectivity index (χ4v) is 1.72. The summed E-state index contributed by atoms with van der Waals surface area (Å²) in [5, 5.41) is 0. The summed E-state index contributed by atoms with van der Waals surface area (Å²) in [5.41, 5.74) is 0. The van der Waals surface area contributed by atoms with E-state index < -0.39 is 0 Å². The Hall–Kier alpha value is -1.21. The van der Waals surface area contributed by atoms with Gasteiger partial charge in [0.15, 0.2) is 0 Å². The zero-order valence-electron chi connectivity index (χ0n) is 11.8. The van der Waals surface area contributed by atoms with E-state index in [-0.39, 0.29) is 5.78 Å². The Labute approximate surface area is 113 Å². The quantitative estimate of drug-likeness (QED) is 0.409. The molecule has 0 aromatic carbocycles. The Morgan fingerprint density at radius 3 is 2.39 bits per heavy atom. The molecule has 0 unspecified atom stereocenters. The number of ketones is 1. The van der Waals surface area contributed by atoms with Crippen molar-refractivity contribution in [3.63, 3.8) is 0 Å². The third-order valence-corrected chi connectivity index (χ3v) is 2.84. The fraction of sp³-hybridized carbons (Fsp3) is 0.706. The molecule has 0 aliphatic carbocycles. The number of carbonyl (C=O) groups is 1. The molecule has 0 saturated carbocycles. The smallest absolute Gasteiger partial charge is 0.144 e. The minimum atomic E-state index is 0.287. The van der Waals surface area contributed by atoms with E-state index in [0.717, 1.165) is 25.7 Å². The number of hydrogen-bond acceptors (Lipinski definition) is 1. The largest absolute Gasteiger partial charge is 0.299 e. The Morgan fingerprint density at radius 2 is 1.67 bits per heavy atom. The van der Waals surface area contributed by atoms with E-state index in [1.165, 1.54) is 32.1 Å². The second kappa shape index (κ2) is 13.9. The Kier molecular flexibility index (Phi) is 12.9. The van der Waals surface area contributed by atoms with Crippen LogP contribution < -0.4 is 0 Å². The van der Waals surface area contributed by atoms with E-state index in [9.17, 15) is 4.79 Å². The molecule has 1 nitrogen and oxygen atoms in total. The van der Waals surface area contributed by atoms with Gasteiger partial charge in [-0.15, -0.1) is 18.3 Å². The third-order valence-electron chi connectivity index (χ3n) is 2.84. The molecular weight excluding hydrogens is 220 g/mol.